The number of rotatable bonds is 6. The van der Waals surface area contributed by atoms with E-state index in [1.54, 1.807) is 6.07 Å². The minimum absolute atomic E-state index is 0.324. The quantitative estimate of drug-likeness (QED) is 0.555. The molecule has 4 heteroatoms. The van der Waals surface area contributed by atoms with E-state index in [2.05, 4.69) is 22.0 Å². The van der Waals surface area contributed by atoms with Gasteiger partial charge in [-0.05, 0) is 25.1 Å². The number of unbranched alkanes of at least 4 members (excludes halogenated alkanes) is 1. The number of ether oxygens (including phenoxy) is 1. The van der Waals surface area contributed by atoms with Gasteiger partial charge >= 0.3 is 5.97 Å². The molecule has 0 saturated heterocycles. The molecule has 1 rings (SSSR count). The van der Waals surface area contributed by atoms with Crippen LogP contribution < -0.4 is 5.32 Å². The molecule has 0 bridgehead atoms. The molecule has 2 N–H and O–H groups in total. The summed E-state index contributed by atoms with van der Waals surface area (Å²) in [4.78, 5) is 14.1. The molecule has 15 heavy (non-hydrogen) atoms. The Morgan fingerprint density at radius 1 is 1.53 bits per heavy atom. The third-order valence-corrected chi connectivity index (χ3v) is 2.17. The van der Waals surface area contributed by atoms with Gasteiger partial charge in [0.05, 0.1) is 7.11 Å². The van der Waals surface area contributed by atoms with Crippen LogP contribution in [0.25, 0.3) is 0 Å². The molecule has 1 aromatic rings. The molecule has 4 nitrogen and oxygen atoms in total. The Labute approximate surface area is 90.0 Å². The monoisotopic (exact) mass is 210 g/mol. The number of H-pyrrole nitrogens is 1. The fourth-order valence-electron chi connectivity index (χ4n) is 1.30. The van der Waals surface area contributed by atoms with E-state index in [1.165, 1.54) is 20.0 Å². The van der Waals surface area contributed by atoms with Crippen LogP contribution in [0.4, 0.5) is 0 Å². The van der Waals surface area contributed by atoms with Crippen molar-refractivity contribution in [3.63, 3.8) is 0 Å². The predicted octanol–water partition coefficient (Wildman–Crippen LogP) is 1.69. The average molecular weight is 210 g/mol. The standard InChI is InChI=1S/C11H18N2O2/c1-3-4-7-12-8-9-5-6-10(13-9)11(14)15-2/h5-6,12-13H,3-4,7-8H2,1-2H3. The SMILES string of the molecule is CCCCNCc1ccc(C(=O)OC)[nH]1. The first-order chi connectivity index (χ1) is 7.27. The van der Waals surface area contributed by atoms with Crippen molar-refractivity contribution in [2.45, 2.75) is 26.3 Å². The molecular formula is C11H18N2O2. The Morgan fingerprint density at radius 2 is 2.33 bits per heavy atom. The summed E-state index contributed by atoms with van der Waals surface area (Å²) < 4.78 is 4.60. The van der Waals surface area contributed by atoms with E-state index < -0.39 is 0 Å². The van der Waals surface area contributed by atoms with Crippen molar-refractivity contribution in [1.82, 2.24) is 10.3 Å². The molecule has 0 fully saturated rings. The predicted molar refractivity (Wildman–Crippen MR) is 58.7 cm³/mol. The van der Waals surface area contributed by atoms with E-state index in [-0.39, 0.29) is 5.97 Å². The smallest absolute Gasteiger partial charge is 0.354 e. The van der Waals surface area contributed by atoms with E-state index in [9.17, 15) is 4.79 Å². The molecule has 0 aromatic carbocycles. The zero-order valence-corrected chi connectivity index (χ0v) is 9.30. The molecule has 84 valence electrons. The molecular weight excluding hydrogens is 192 g/mol. The number of methoxy groups -OCH3 is 1. The van der Waals surface area contributed by atoms with Gasteiger partial charge in [0.1, 0.15) is 5.69 Å². The van der Waals surface area contributed by atoms with Gasteiger partial charge in [0.2, 0.25) is 0 Å². The Kier molecular flexibility index (Phi) is 4.90. The Morgan fingerprint density at radius 3 is 3.00 bits per heavy atom. The van der Waals surface area contributed by atoms with Gasteiger partial charge in [0, 0.05) is 12.2 Å². The lowest BCUT2D eigenvalue weighted by molar-refractivity contribution is 0.0594. The van der Waals surface area contributed by atoms with Crippen LogP contribution >= 0.6 is 0 Å². The Bertz CT molecular complexity index is 307. The summed E-state index contributed by atoms with van der Waals surface area (Å²) in [6, 6.07) is 3.63. The van der Waals surface area contributed by atoms with Gasteiger partial charge in [0.15, 0.2) is 0 Å². The first-order valence-electron chi connectivity index (χ1n) is 5.24. The molecule has 0 aliphatic carbocycles. The zero-order valence-electron chi connectivity index (χ0n) is 9.30. The van der Waals surface area contributed by atoms with E-state index >= 15 is 0 Å². The molecule has 1 aromatic heterocycles. The second-order valence-corrected chi connectivity index (χ2v) is 3.42. The van der Waals surface area contributed by atoms with Gasteiger partial charge in [-0.1, -0.05) is 13.3 Å². The summed E-state index contributed by atoms with van der Waals surface area (Å²) in [5.74, 6) is -0.324. The largest absolute Gasteiger partial charge is 0.464 e. The molecule has 0 amide bonds. The number of aromatic nitrogens is 1. The maximum absolute atomic E-state index is 11.1. The second kappa shape index (κ2) is 6.24. The van der Waals surface area contributed by atoms with E-state index in [4.69, 9.17) is 0 Å². The van der Waals surface area contributed by atoms with Crippen molar-refractivity contribution >= 4 is 5.97 Å². The number of hydrogen-bond acceptors (Lipinski definition) is 3. The highest BCUT2D eigenvalue weighted by Gasteiger charge is 2.06. The summed E-state index contributed by atoms with van der Waals surface area (Å²) in [5, 5.41) is 3.29. The lowest BCUT2D eigenvalue weighted by atomic mass is 10.3. The number of carbonyl (C=O) groups excluding carboxylic acids is 1. The van der Waals surface area contributed by atoms with E-state index in [0.29, 0.717) is 5.69 Å². The van der Waals surface area contributed by atoms with Crippen molar-refractivity contribution < 1.29 is 9.53 Å². The minimum Gasteiger partial charge on any atom is -0.464 e. The van der Waals surface area contributed by atoms with Crippen LogP contribution in [0, 0.1) is 0 Å². The van der Waals surface area contributed by atoms with Gasteiger partial charge in [-0.2, -0.15) is 0 Å². The second-order valence-electron chi connectivity index (χ2n) is 3.42. The van der Waals surface area contributed by atoms with Gasteiger partial charge < -0.3 is 15.0 Å². The summed E-state index contributed by atoms with van der Waals surface area (Å²) >= 11 is 0. The first-order valence-corrected chi connectivity index (χ1v) is 5.24. The van der Waals surface area contributed by atoms with E-state index in [0.717, 1.165) is 18.8 Å². The molecule has 0 atom stereocenters. The van der Waals surface area contributed by atoms with Crippen LogP contribution in [-0.2, 0) is 11.3 Å². The lowest BCUT2D eigenvalue weighted by Crippen LogP contribution is -2.14. The fraction of sp³-hybridized carbons (Fsp3) is 0.545. The average Bonchev–Trinajstić information content (AvgIpc) is 2.72. The van der Waals surface area contributed by atoms with Crippen LogP contribution in [0.5, 0.6) is 0 Å². The highest BCUT2D eigenvalue weighted by atomic mass is 16.5. The number of esters is 1. The van der Waals surface area contributed by atoms with Crippen molar-refractivity contribution in [3.05, 3.63) is 23.5 Å². The molecule has 0 spiro atoms. The Hall–Kier alpha value is -1.29. The van der Waals surface area contributed by atoms with Crippen LogP contribution in [0.3, 0.4) is 0 Å². The zero-order chi connectivity index (χ0) is 11.1. The number of hydrogen-bond donors (Lipinski definition) is 2. The van der Waals surface area contributed by atoms with Crippen molar-refractivity contribution in [1.29, 1.82) is 0 Å². The van der Waals surface area contributed by atoms with E-state index in [1.807, 2.05) is 6.07 Å². The van der Waals surface area contributed by atoms with Crippen molar-refractivity contribution in [2.24, 2.45) is 0 Å². The summed E-state index contributed by atoms with van der Waals surface area (Å²) in [7, 11) is 1.38. The highest BCUT2D eigenvalue weighted by Crippen LogP contribution is 2.03. The topological polar surface area (TPSA) is 54.1 Å². The normalized spacial score (nSPS) is 10.3. The minimum atomic E-state index is -0.324. The number of aromatic amines is 1. The highest BCUT2D eigenvalue weighted by molar-refractivity contribution is 5.87. The van der Waals surface area contributed by atoms with Gasteiger partial charge in [-0.25, -0.2) is 4.79 Å². The molecule has 0 unspecified atom stereocenters. The van der Waals surface area contributed by atoms with Crippen molar-refractivity contribution in [3.8, 4) is 0 Å². The van der Waals surface area contributed by atoms with Gasteiger partial charge in [-0.3, -0.25) is 0 Å². The number of carbonyl (C=O) groups is 1. The summed E-state index contributed by atoms with van der Waals surface area (Å²) in [6.07, 6.45) is 2.36. The molecule has 0 saturated carbocycles. The van der Waals surface area contributed by atoms with Crippen LogP contribution in [-0.4, -0.2) is 24.6 Å². The Balaban J connectivity index is 2.36. The fourth-order valence-corrected chi connectivity index (χ4v) is 1.30. The van der Waals surface area contributed by atoms with Crippen LogP contribution in [0.2, 0.25) is 0 Å². The van der Waals surface area contributed by atoms with Crippen LogP contribution in [0.15, 0.2) is 12.1 Å². The lowest BCUT2D eigenvalue weighted by Gasteiger charge is -2.01. The van der Waals surface area contributed by atoms with Crippen molar-refractivity contribution in [2.75, 3.05) is 13.7 Å². The third kappa shape index (κ3) is 3.75. The number of nitrogens with one attached hydrogen (secondary N) is 2. The third-order valence-electron chi connectivity index (χ3n) is 2.17. The molecule has 0 aliphatic rings. The molecule has 1 heterocycles. The summed E-state index contributed by atoms with van der Waals surface area (Å²) in [6.45, 7) is 3.92. The first kappa shape index (κ1) is 11.8. The molecule has 0 radical (unpaired) electrons. The maximum Gasteiger partial charge on any atom is 0.354 e. The summed E-state index contributed by atoms with van der Waals surface area (Å²) in [5.41, 5.74) is 1.51. The van der Waals surface area contributed by atoms with Gasteiger partial charge in [0.25, 0.3) is 0 Å². The maximum atomic E-state index is 11.1. The van der Waals surface area contributed by atoms with Gasteiger partial charge in [-0.15, -0.1) is 0 Å². The van der Waals surface area contributed by atoms with Crippen LogP contribution in [0.1, 0.15) is 35.9 Å². The molecule has 0 aliphatic heterocycles.